The van der Waals surface area contributed by atoms with Gasteiger partial charge in [0.05, 0.1) is 16.7 Å². The van der Waals surface area contributed by atoms with Crippen molar-refractivity contribution in [3.63, 3.8) is 0 Å². The van der Waals surface area contributed by atoms with Gasteiger partial charge in [-0.05, 0) is 114 Å². The molecule has 0 atom stereocenters. The Balaban J connectivity index is 1.22. The molecule has 1 aliphatic carbocycles. The first-order chi connectivity index (χ1) is 26.3. The molecule has 2 heteroatoms. The highest BCUT2D eigenvalue weighted by Gasteiger charge is 2.38. The number of hydrogen-bond acceptors (Lipinski definition) is 1. The summed E-state index contributed by atoms with van der Waals surface area (Å²) in [6, 6.07) is 61.0. The van der Waals surface area contributed by atoms with Crippen molar-refractivity contribution < 1.29 is 0 Å². The molecule has 260 valence electrons. The van der Waals surface area contributed by atoms with E-state index in [9.17, 15) is 0 Å². The third kappa shape index (κ3) is 4.87. The Morgan fingerprint density at radius 3 is 1.96 bits per heavy atom. The van der Waals surface area contributed by atoms with Gasteiger partial charge in [-0.25, -0.2) is 0 Å². The Hall–Kier alpha value is -6.38. The average Bonchev–Trinajstić information content (AvgIpc) is 3.63. The number of hydrogen-bond donors (Lipinski definition) is 0. The van der Waals surface area contributed by atoms with E-state index in [-0.39, 0.29) is 5.41 Å². The maximum atomic E-state index is 2.51. The van der Waals surface area contributed by atoms with E-state index < -0.39 is 0 Å². The van der Waals surface area contributed by atoms with Crippen LogP contribution in [0.2, 0.25) is 0 Å². The first-order valence-electron chi connectivity index (χ1n) is 19.0. The minimum Gasteiger partial charge on any atom is -0.310 e. The number of para-hydroxylation sites is 1. The van der Waals surface area contributed by atoms with Crippen LogP contribution in [0.25, 0.3) is 60.5 Å². The van der Waals surface area contributed by atoms with Gasteiger partial charge in [0.1, 0.15) is 0 Å². The zero-order valence-electron chi connectivity index (χ0n) is 31.5. The first kappa shape index (κ1) is 32.3. The number of aryl methyl sites for hydroxylation is 3. The number of nitrogens with zero attached hydrogens (tertiary/aromatic N) is 2. The van der Waals surface area contributed by atoms with Gasteiger partial charge < -0.3 is 9.47 Å². The maximum Gasteiger partial charge on any atom is 0.0619 e. The Morgan fingerprint density at radius 1 is 0.463 bits per heavy atom. The van der Waals surface area contributed by atoms with E-state index >= 15 is 0 Å². The molecule has 10 rings (SSSR count). The molecular formula is C52H42N2. The molecule has 0 N–H and O–H groups in total. The highest BCUT2D eigenvalue weighted by molar-refractivity contribution is 6.14. The van der Waals surface area contributed by atoms with E-state index in [2.05, 4.69) is 208 Å². The van der Waals surface area contributed by atoms with Gasteiger partial charge in [-0.2, -0.15) is 0 Å². The summed E-state index contributed by atoms with van der Waals surface area (Å²) < 4.78 is 2.51. The molecule has 54 heavy (non-hydrogen) atoms. The number of benzene rings is 8. The summed E-state index contributed by atoms with van der Waals surface area (Å²) in [6.07, 6.45) is 0. The second-order valence-corrected chi connectivity index (χ2v) is 15.7. The molecule has 1 heterocycles. The number of fused-ring (bicyclic) bond motifs is 8. The minimum absolute atomic E-state index is 0.247. The Morgan fingerprint density at radius 2 is 1.17 bits per heavy atom. The fourth-order valence-corrected chi connectivity index (χ4v) is 9.07. The lowest BCUT2D eigenvalue weighted by Gasteiger charge is -2.30. The highest BCUT2D eigenvalue weighted by Crippen LogP contribution is 2.55. The van der Waals surface area contributed by atoms with Gasteiger partial charge in [-0.15, -0.1) is 0 Å². The Bertz CT molecular complexity index is 2930. The summed E-state index contributed by atoms with van der Waals surface area (Å²) in [7, 11) is 0. The molecule has 0 saturated carbocycles. The van der Waals surface area contributed by atoms with Crippen LogP contribution in [0.3, 0.4) is 0 Å². The SMILES string of the molecule is Cc1ccc(N(c2cccc(C)c2)c2cc3c(c4ccccc24)-c2ccc(-n4c5ccc(C)cc5c5cccc(-c6ccccc6)c54)cc2C3(C)C)cc1. The van der Waals surface area contributed by atoms with Crippen molar-refractivity contribution >= 4 is 49.6 Å². The first-order valence-corrected chi connectivity index (χ1v) is 19.0. The van der Waals surface area contributed by atoms with E-state index in [1.54, 1.807) is 0 Å². The molecular weight excluding hydrogens is 653 g/mol. The predicted molar refractivity (Wildman–Crippen MR) is 230 cm³/mol. The Labute approximate surface area is 317 Å². The van der Waals surface area contributed by atoms with Crippen molar-refractivity contribution in [2.75, 3.05) is 4.90 Å². The standard InChI is InChI=1S/C52H42N2/c1-33-21-24-37(25-22-33)53(38-16-11-13-34(2)29-38)49-32-47-50(42-18-10-9-17-41(42)49)44-27-26-39(31-46(44)52(47,4)5)54-48-28-23-35(3)30-45(48)43-20-12-19-40(51(43)54)36-14-7-6-8-15-36/h6-32H,1-5H3. The Kier molecular flexibility index (Phi) is 7.22. The third-order valence-corrected chi connectivity index (χ3v) is 11.7. The smallest absolute Gasteiger partial charge is 0.0619 e. The van der Waals surface area contributed by atoms with Crippen molar-refractivity contribution in [3.05, 3.63) is 192 Å². The van der Waals surface area contributed by atoms with Crippen LogP contribution >= 0.6 is 0 Å². The van der Waals surface area contributed by atoms with Crippen molar-refractivity contribution in [2.45, 2.75) is 40.0 Å². The van der Waals surface area contributed by atoms with Crippen LogP contribution in [0, 0.1) is 20.8 Å². The number of aromatic nitrogens is 1. The molecule has 0 aliphatic heterocycles. The summed E-state index contributed by atoms with van der Waals surface area (Å²) >= 11 is 0. The van der Waals surface area contributed by atoms with E-state index in [4.69, 9.17) is 0 Å². The summed E-state index contributed by atoms with van der Waals surface area (Å²) in [5.74, 6) is 0. The summed E-state index contributed by atoms with van der Waals surface area (Å²) in [5, 5.41) is 5.10. The van der Waals surface area contributed by atoms with Gasteiger partial charge in [0, 0.05) is 44.2 Å². The lowest BCUT2D eigenvalue weighted by molar-refractivity contribution is 0.660. The van der Waals surface area contributed by atoms with Crippen molar-refractivity contribution in [1.82, 2.24) is 4.57 Å². The molecule has 0 spiro atoms. The molecule has 2 nitrogen and oxygen atoms in total. The molecule has 0 unspecified atom stereocenters. The van der Waals surface area contributed by atoms with Crippen molar-refractivity contribution in [3.8, 4) is 27.9 Å². The van der Waals surface area contributed by atoms with Crippen molar-refractivity contribution in [1.29, 1.82) is 0 Å². The molecule has 0 saturated heterocycles. The summed E-state index contributed by atoms with van der Waals surface area (Å²) in [6.45, 7) is 11.3. The van der Waals surface area contributed by atoms with Gasteiger partial charge in [0.15, 0.2) is 0 Å². The predicted octanol–water partition coefficient (Wildman–Crippen LogP) is 14.3. The van der Waals surface area contributed by atoms with Gasteiger partial charge in [-0.3, -0.25) is 0 Å². The normalized spacial score (nSPS) is 13.1. The molecule has 0 amide bonds. The van der Waals surface area contributed by atoms with E-state index in [1.807, 2.05) is 0 Å². The lowest BCUT2D eigenvalue weighted by atomic mass is 9.81. The summed E-state index contributed by atoms with van der Waals surface area (Å²) in [5.41, 5.74) is 18.5. The van der Waals surface area contributed by atoms with E-state index in [0.29, 0.717) is 0 Å². The van der Waals surface area contributed by atoms with Gasteiger partial charge in [-0.1, -0.05) is 134 Å². The number of anilines is 3. The zero-order chi connectivity index (χ0) is 36.7. The average molecular weight is 695 g/mol. The summed E-state index contributed by atoms with van der Waals surface area (Å²) in [4.78, 5) is 2.45. The second-order valence-electron chi connectivity index (χ2n) is 15.7. The lowest BCUT2D eigenvalue weighted by Crippen LogP contribution is -2.17. The molecule has 0 radical (unpaired) electrons. The topological polar surface area (TPSA) is 8.17 Å². The zero-order valence-corrected chi connectivity index (χ0v) is 31.5. The van der Waals surface area contributed by atoms with Crippen LogP contribution in [0.1, 0.15) is 41.7 Å². The highest BCUT2D eigenvalue weighted by atomic mass is 15.1. The van der Waals surface area contributed by atoms with Crippen LogP contribution in [0.4, 0.5) is 17.1 Å². The molecule has 0 fully saturated rings. The molecule has 8 aromatic carbocycles. The molecule has 1 aliphatic rings. The fraction of sp³-hybridized carbons (Fsp3) is 0.115. The number of rotatable bonds is 5. The maximum absolute atomic E-state index is 2.51. The van der Waals surface area contributed by atoms with Crippen molar-refractivity contribution in [2.24, 2.45) is 0 Å². The fourth-order valence-electron chi connectivity index (χ4n) is 9.07. The monoisotopic (exact) mass is 694 g/mol. The van der Waals surface area contributed by atoms with Gasteiger partial charge in [0.2, 0.25) is 0 Å². The second kappa shape index (κ2) is 12.1. The van der Waals surface area contributed by atoms with Crippen LogP contribution < -0.4 is 4.90 Å². The van der Waals surface area contributed by atoms with E-state index in [0.717, 1.165) is 11.4 Å². The van der Waals surface area contributed by atoms with Crippen LogP contribution in [-0.4, -0.2) is 4.57 Å². The minimum atomic E-state index is -0.247. The largest absolute Gasteiger partial charge is 0.310 e. The van der Waals surface area contributed by atoms with Crippen LogP contribution in [0.5, 0.6) is 0 Å². The van der Waals surface area contributed by atoms with Crippen LogP contribution in [-0.2, 0) is 5.41 Å². The van der Waals surface area contributed by atoms with Crippen LogP contribution in [0.15, 0.2) is 164 Å². The molecule has 0 bridgehead atoms. The molecule has 9 aromatic rings. The molecule has 1 aromatic heterocycles. The third-order valence-electron chi connectivity index (χ3n) is 11.7. The van der Waals surface area contributed by atoms with Gasteiger partial charge in [0.25, 0.3) is 0 Å². The quantitative estimate of drug-likeness (QED) is 0.174. The van der Waals surface area contributed by atoms with Gasteiger partial charge >= 0.3 is 0 Å². The van der Waals surface area contributed by atoms with E-state index in [1.165, 1.54) is 94.0 Å².